The third-order valence-electron chi connectivity index (χ3n) is 2.16. The van der Waals surface area contributed by atoms with Gasteiger partial charge in [0.05, 0.1) is 0 Å². The summed E-state index contributed by atoms with van der Waals surface area (Å²) in [5.74, 6) is -0.902. The molecule has 16 heavy (non-hydrogen) atoms. The molecule has 0 spiro atoms. The van der Waals surface area contributed by atoms with Crippen molar-refractivity contribution in [3.63, 3.8) is 0 Å². The number of aliphatic carboxylic acids is 1. The molecule has 0 radical (unpaired) electrons. The Morgan fingerprint density at radius 2 is 1.81 bits per heavy atom. The average Bonchev–Trinajstić information content (AvgIpc) is 2.28. The molecule has 0 aromatic heterocycles. The highest BCUT2D eigenvalue weighted by atomic mass is 32.1. The van der Waals surface area contributed by atoms with Gasteiger partial charge in [-0.1, -0.05) is 36.5 Å². The number of carbonyl (C=O) groups excluding carboxylic acids is 1. The fourth-order valence-electron chi connectivity index (χ4n) is 1.29. The van der Waals surface area contributed by atoms with E-state index in [4.69, 9.17) is 17.3 Å². The minimum Gasteiger partial charge on any atom is -0.481 e. The standard InChI is InChI=1S/C12H12O3S/c13-11(2-1-3-12(14)15)10-6-4-9(8-16)5-7-10/h4-8H,1-3H2,(H,14,15). The molecule has 1 aromatic rings. The van der Waals surface area contributed by atoms with E-state index in [9.17, 15) is 9.59 Å². The molecule has 0 unspecified atom stereocenters. The maximum absolute atomic E-state index is 11.6. The Morgan fingerprint density at radius 1 is 1.19 bits per heavy atom. The molecule has 1 rings (SSSR count). The lowest BCUT2D eigenvalue weighted by Crippen LogP contribution is -2.01. The van der Waals surface area contributed by atoms with Gasteiger partial charge >= 0.3 is 5.97 Å². The topological polar surface area (TPSA) is 54.4 Å². The number of rotatable bonds is 6. The van der Waals surface area contributed by atoms with Gasteiger partial charge in [0.15, 0.2) is 5.78 Å². The van der Waals surface area contributed by atoms with Gasteiger partial charge in [0.25, 0.3) is 0 Å². The van der Waals surface area contributed by atoms with Crippen LogP contribution in [0, 0.1) is 0 Å². The highest BCUT2D eigenvalue weighted by Crippen LogP contribution is 2.08. The molecule has 84 valence electrons. The normalized spacial score (nSPS) is 9.75. The number of benzene rings is 1. The zero-order valence-corrected chi connectivity index (χ0v) is 9.50. The van der Waals surface area contributed by atoms with Gasteiger partial charge in [-0.25, -0.2) is 0 Å². The SMILES string of the molecule is O=C(O)CCCC(=O)c1ccc(C=S)cc1. The predicted molar refractivity (Wildman–Crippen MR) is 65.0 cm³/mol. The van der Waals surface area contributed by atoms with Crippen LogP contribution in [0.1, 0.15) is 35.2 Å². The molecular formula is C12H12O3S. The molecule has 0 heterocycles. The van der Waals surface area contributed by atoms with Crippen LogP contribution < -0.4 is 0 Å². The molecule has 4 heteroatoms. The van der Waals surface area contributed by atoms with E-state index in [1.807, 2.05) is 0 Å². The van der Waals surface area contributed by atoms with Gasteiger partial charge in [-0.05, 0) is 12.0 Å². The first-order valence-corrected chi connectivity index (χ1v) is 5.41. The van der Waals surface area contributed by atoms with Crippen molar-refractivity contribution in [2.24, 2.45) is 0 Å². The van der Waals surface area contributed by atoms with Crippen LogP contribution in [-0.4, -0.2) is 22.2 Å². The van der Waals surface area contributed by atoms with E-state index in [-0.39, 0.29) is 18.6 Å². The number of carbonyl (C=O) groups is 2. The minimum absolute atomic E-state index is 0.0304. The minimum atomic E-state index is -0.871. The molecule has 0 saturated carbocycles. The molecule has 0 aliphatic rings. The smallest absolute Gasteiger partial charge is 0.303 e. The molecule has 0 atom stereocenters. The summed E-state index contributed by atoms with van der Waals surface area (Å²) >= 11 is 4.75. The van der Waals surface area contributed by atoms with Crippen LogP contribution in [0.2, 0.25) is 0 Å². The van der Waals surface area contributed by atoms with Crippen molar-refractivity contribution in [3.05, 3.63) is 35.4 Å². The Balaban J connectivity index is 2.52. The summed E-state index contributed by atoms with van der Waals surface area (Å²) in [6, 6.07) is 6.97. The van der Waals surface area contributed by atoms with Crippen LogP contribution in [0.4, 0.5) is 0 Å². The van der Waals surface area contributed by atoms with Crippen molar-refractivity contribution in [2.45, 2.75) is 19.3 Å². The van der Waals surface area contributed by atoms with Gasteiger partial charge in [0.1, 0.15) is 0 Å². The predicted octanol–water partition coefficient (Wildman–Crippen LogP) is 2.47. The lowest BCUT2D eigenvalue weighted by molar-refractivity contribution is -0.137. The van der Waals surface area contributed by atoms with Crippen LogP contribution in [-0.2, 0) is 4.79 Å². The summed E-state index contributed by atoms with van der Waals surface area (Å²) in [7, 11) is 0. The fourth-order valence-corrected chi connectivity index (χ4v) is 1.45. The van der Waals surface area contributed by atoms with Gasteiger partial charge < -0.3 is 5.11 Å². The number of ketones is 1. The van der Waals surface area contributed by atoms with E-state index >= 15 is 0 Å². The maximum atomic E-state index is 11.6. The maximum Gasteiger partial charge on any atom is 0.303 e. The van der Waals surface area contributed by atoms with E-state index < -0.39 is 5.97 Å². The second-order valence-corrected chi connectivity index (χ2v) is 3.65. The monoisotopic (exact) mass is 236 g/mol. The van der Waals surface area contributed by atoms with Crippen molar-refractivity contribution in [3.8, 4) is 0 Å². The lowest BCUT2D eigenvalue weighted by atomic mass is 10.0. The molecule has 1 N–H and O–H groups in total. The second-order valence-electron chi connectivity index (χ2n) is 3.41. The molecule has 1 aromatic carbocycles. The molecule has 0 bridgehead atoms. The molecule has 3 nitrogen and oxygen atoms in total. The van der Waals surface area contributed by atoms with E-state index in [1.54, 1.807) is 29.6 Å². The summed E-state index contributed by atoms with van der Waals surface area (Å²) in [6.45, 7) is 0. The Hall–Kier alpha value is -1.55. The zero-order valence-electron chi connectivity index (χ0n) is 8.68. The number of carboxylic acids is 1. The Morgan fingerprint density at radius 3 is 2.31 bits per heavy atom. The summed E-state index contributed by atoms with van der Waals surface area (Å²) < 4.78 is 0. The van der Waals surface area contributed by atoms with Crippen molar-refractivity contribution in [2.75, 3.05) is 0 Å². The third-order valence-corrected chi connectivity index (χ3v) is 2.44. The van der Waals surface area contributed by atoms with Crippen molar-refractivity contribution >= 4 is 29.3 Å². The van der Waals surface area contributed by atoms with E-state index in [0.717, 1.165) is 5.56 Å². The highest BCUT2D eigenvalue weighted by Gasteiger charge is 2.06. The third kappa shape index (κ3) is 3.90. The van der Waals surface area contributed by atoms with Gasteiger partial charge in [0, 0.05) is 23.8 Å². The number of carboxylic acid groups (broad SMARTS) is 1. The van der Waals surface area contributed by atoms with Gasteiger partial charge in [-0.3, -0.25) is 9.59 Å². The Kier molecular flexibility index (Phi) is 4.79. The van der Waals surface area contributed by atoms with E-state index in [0.29, 0.717) is 12.0 Å². The summed E-state index contributed by atoms with van der Waals surface area (Å²) in [5.41, 5.74) is 1.49. The number of Topliss-reactive ketones (excluding diaryl/α,β-unsaturated/α-hetero) is 1. The van der Waals surface area contributed by atoms with E-state index in [2.05, 4.69) is 0 Å². The molecule has 0 amide bonds. The van der Waals surface area contributed by atoms with Crippen LogP contribution in [0.15, 0.2) is 24.3 Å². The molecule has 0 aliphatic heterocycles. The number of thiocarbonyl (C=S) groups is 1. The van der Waals surface area contributed by atoms with Crippen LogP contribution in [0.3, 0.4) is 0 Å². The molecule has 0 saturated heterocycles. The molecular weight excluding hydrogens is 224 g/mol. The van der Waals surface area contributed by atoms with Gasteiger partial charge in [-0.15, -0.1) is 0 Å². The van der Waals surface area contributed by atoms with Crippen LogP contribution in [0.5, 0.6) is 0 Å². The average molecular weight is 236 g/mol. The first kappa shape index (κ1) is 12.5. The van der Waals surface area contributed by atoms with Gasteiger partial charge in [-0.2, -0.15) is 0 Å². The quantitative estimate of drug-likeness (QED) is 0.609. The lowest BCUT2D eigenvalue weighted by Gasteiger charge is -2.00. The first-order chi connectivity index (χ1) is 7.63. The van der Waals surface area contributed by atoms with E-state index in [1.165, 1.54) is 0 Å². The fraction of sp³-hybridized carbons (Fsp3) is 0.250. The van der Waals surface area contributed by atoms with Crippen molar-refractivity contribution in [1.29, 1.82) is 0 Å². The largest absolute Gasteiger partial charge is 0.481 e. The van der Waals surface area contributed by atoms with Crippen LogP contribution >= 0.6 is 12.2 Å². The Labute approximate surface area is 99.1 Å². The summed E-state index contributed by atoms with van der Waals surface area (Å²) in [5, 5.41) is 9.98. The number of hydrogen-bond acceptors (Lipinski definition) is 3. The summed E-state index contributed by atoms with van der Waals surface area (Å²) in [6.07, 6.45) is 0.677. The number of hydrogen-bond donors (Lipinski definition) is 1. The zero-order chi connectivity index (χ0) is 12.0. The van der Waals surface area contributed by atoms with Crippen LogP contribution in [0.25, 0.3) is 0 Å². The second kappa shape index (κ2) is 6.12. The van der Waals surface area contributed by atoms with Crippen molar-refractivity contribution in [1.82, 2.24) is 0 Å². The molecule has 0 aliphatic carbocycles. The van der Waals surface area contributed by atoms with Crippen molar-refractivity contribution < 1.29 is 14.7 Å². The van der Waals surface area contributed by atoms with Gasteiger partial charge in [0.2, 0.25) is 0 Å². The first-order valence-electron chi connectivity index (χ1n) is 4.93. The molecule has 0 fully saturated rings. The Bertz CT molecular complexity index is 395. The summed E-state index contributed by atoms with van der Waals surface area (Å²) in [4.78, 5) is 21.9. The highest BCUT2D eigenvalue weighted by molar-refractivity contribution is 7.79.